The van der Waals surface area contributed by atoms with Gasteiger partial charge in [0.2, 0.25) is 5.76 Å². The summed E-state index contributed by atoms with van der Waals surface area (Å²) in [4.78, 5) is 49.3. The molecule has 1 saturated heterocycles. The highest BCUT2D eigenvalue weighted by Gasteiger charge is 2.34. The number of aromatic carboxylic acids is 1. The maximum atomic E-state index is 13.0. The molecule has 190 valence electrons. The molecule has 11 heteroatoms. The minimum Gasteiger partial charge on any atom is -0.493 e. The SMILES string of the molecule is COC(=O)c1ccc(CN2C(=O)N/C(=C\c3cccc(OC)c3OCc3cccc(C(=O)O)c3)C2=O)o1. The number of carbonyl (C=O) groups is 4. The molecule has 0 unspecified atom stereocenters. The molecule has 37 heavy (non-hydrogen) atoms. The fourth-order valence-corrected chi connectivity index (χ4v) is 3.61. The lowest BCUT2D eigenvalue weighted by Crippen LogP contribution is -2.30. The number of esters is 1. The van der Waals surface area contributed by atoms with Crippen LogP contribution in [0.5, 0.6) is 11.5 Å². The number of carbonyl (C=O) groups excluding carboxylic acids is 3. The number of urea groups is 1. The Kier molecular flexibility index (Phi) is 7.23. The largest absolute Gasteiger partial charge is 0.493 e. The van der Waals surface area contributed by atoms with Gasteiger partial charge in [-0.15, -0.1) is 0 Å². The first-order valence-electron chi connectivity index (χ1n) is 10.9. The molecule has 0 saturated carbocycles. The summed E-state index contributed by atoms with van der Waals surface area (Å²) in [5.41, 5.74) is 1.18. The molecule has 2 heterocycles. The smallest absolute Gasteiger partial charge is 0.373 e. The third kappa shape index (κ3) is 5.45. The fraction of sp³-hybridized carbons (Fsp3) is 0.154. The van der Waals surface area contributed by atoms with Gasteiger partial charge in [-0.3, -0.25) is 9.69 Å². The summed E-state index contributed by atoms with van der Waals surface area (Å²) >= 11 is 0. The monoisotopic (exact) mass is 506 g/mol. The second-order valence-corrected chi connectivity index (χ2v) is 7.81. The Balaban J connectivity index is 1.56. The summed E-state index contributed by atoms with van der Waals surface area (Å²) in [7, 11) is 2.67. The number of rotatable bonds is 9. The average Bonchev–Trinajstić information content (AvgIpc) is 3.47. The first-order chi connectivity index (χ1) is 17.8. The number of carboxylic acids is 1. The topological polar surface area (TPSA) is 145 Å². The molecule has 0 radical (unpaired) electrons. The molecule has 0 atom stereocenters. The molecule has 0 bridgehead atoms. The lowest BCUT2D eigenvalue weighted by atomic mass is 10.1. The van der Waals surface area contributed by atoms with Crippen LogP contribution < -0.4 is 14.8 Å². The van der Waals surface area contributed by atoms with Gasteiger partial charge in [0.05, 0.1) is 26.3 Å². The van der Waals surface area contributed by atoms with Crippen molar-refractivity contribution in [1.29, 1.82) is 0 Å². The molecule has 3 amide bonds. The standard InChI is InChI=1S/C26H22N2O9/c1-34-20-8-4-6-16(22(20)36-14-15-5-3-7-17(11-15)24(30)31)12-19-23(29)28(26(33)27-19)13-18-9-10-21(37-18)25(32)35-2/h3-12H,13-14H2,1-2H3,(H,27,33)(H,30,31)/b19-12-. The molecule has 11 nitrogen and oxygen atoms in total. The number of benzene rings is 2. The van der Waals surface area contributed by atoms with E-state index in [-0.39, 0.29) is 35.9 Å². The van der Waals surface area contributed by atoms with E-state index in [0.29, 0.717) is 22.6 Å². The van der Waals surface area contributed by atoms with Crippen molar-refractivity contribution in [3.8, 4) is 11.5 Å². The Hall–Kier alpha value is -5.06. The number of nitrogens with zero attached hydrogens (tertiary/aromatic N) is 1. The van der Waals surface area contributed by atoms with Crippen LogP contribution in [0.15, 0.2) is 64.7 Å². The normalized spacial score (nSPS) is 14.0. The number of hydrogen-bond donors (Lipinski definition) is 2. The molecule has 1 fully saturated rings. The van der Waals surface area contributed by atoms with Crippen LogP contribution in [-0.2, 0) is 22.7 Å². The Labute approximate surface area is 210 Å². The summed E-state index contributed by atoms with van der Waals surface area (Å²) in [6, 6.07) is 13.5. The predicted molar refractivity (Wildman–Crippen MR) is 128 cm³/mol. The Bertz CT molecular complexity index is 1410. The van der Waals surface area contributed by atoms with E-state index < -0.39 is 23.9 Å². The summed E-state index contributed by atoms with van der Waals surface area (Å²) in [6.45, 7) is -0.161. The Morgan fingerprint density at radius 3 is 2.59 bits per heavy atom. The molecule has 3 aromatic rings. The average molecular weight is 506 g/mol. The van der Waals surface area contributed by atoms with Crippen molar-refractivity contribution < 1.29 is 42.9 Å². The number of carboxylic acid groups (broad SMARTS) is 1. The van der Waals surface area contributed by atoms with Gasteiger partial charge < -0.3 is 29.1 Å². The summed E-state index contributed by atoms with van der Waals surface area (Å²) in [5, 5.41) is 11.7. The van der Waals surface area contributed by atoms with E-state index in [9.17, 15) is 24.3 Å². The van der Waals surface area contributed by atoms with Crippen LogP contribution in [0.2, 0.25) is 0 Å². The summed E-state index contributed by atoms with van der Waals surface area (Å²) in [6.07, 6.45) is 1.45. The zero-order chi connectivity index (χ0) is 26.5. The van der Waals surface area contributed by atoms with E-state index in [4.69, 9.17) is 13.9 Å². The van der Waals surface area contributed by atoms with Crippen molar-refractivity contribution in [2.75, 3.05) is 14.2 Å². The lowest BCUT2D eigenvalue weighted by Gasteiger charge is -2.14. The van der Waals surface area contributed by atoms with Gasteiger partial charge in [0, 0.05) is 5.56 Å². The zero-order valence-electron chi connectivity index (χ0n) is 19.8. The molecular formula is C26H22N2O9. The van der Waals surface area contributed by atoms with Crippen molar-refractivity contribution in [2.24, 2.45) is 0 Å². The highest BCUT2D eigenvalue weighted by Crippen LogP contribution is 2.34. The molecule has 1 aliphatic heterocycles. The van der Waals surface area contributed by atoms with Gasteiger partial charge in [0.25, 0.3) is 5.91 Å². The number of nitrogens with one attached hydrogen (secondary N) is 1. The van der Waals surface area contributed by atoms with Gasteiger partial charge in [-0.1, -0.05) is 24.3 Å². The molecule has 2 N–H and O–H groups in total. The highest BCUT2D eigenvalue weighted by molar-refractivity contribution is 6.14. The van der Waals surface area contributed by atoms with Crippen LogP contribution in [0.3, 0.4) is 0 Å². The number of para-hydroxylation sites is 1. The fourth-order valence-electron chi connectivity index (χ4n) is 3.61. The van der Waals surface area contributed by atoms with Crippen LogP contribution in [0, 0.1) is 0 Å². The van der Waals surface area contributed by atoms with Crippen molar-refractivity contribution in [1.82, 2.24) is 10.2 Å². The first kappa shape index (κ1) is 25.0. The number of methoxy groups -OCH3 is 2. The van der Waals surface area contributed by atoms with Crippen LogP contribution in [0.1, 0.15) is 37.8 Å². The van der Waals surface area contributed by atoms with Gasteiger partial charge in [-0.05, 0) is 42.0 Å². The molecule has 4 rings (SSSR count). The van der Waals surface area contributed by atoms with Gasteiger partial charge in [0.1, 0.15) is 18.1 Å². The zero-order valence-corrected chi connectivity index (χ0v) is 19.8. The third-order valence-corrected chi connectivity index (χ3v) is 5.41. The minimum atomic E-state index is -1.05. The van der Waals surface area contributed by atoms with Crippen LogP contribution in [0.25, 0.3) is 6.08 Å². The second-order valence-electron chi connectivity index (χ2n) is 7.81. The van der Waals surface area contributed by atoms with Crippen molar-refractivity contribution in [2.45, 2.75) is 13.2 Å². The van der Waals surface area contributed by atoms with Gasteiger partial charge >= 0.3 is 18.0 Å². The molecule has 0 aliphatic carbocycles. The van der Waals surface area contributed by atoms with E-state index in [1.54, 1.807) is 30.3 Å². The quantitative estimate of drug-likeness (QED) is 0.253. The van der Waals surface area contributed by atoms with Gasteiger partial charge in [-0.25, -0.2) is 14.4 Å². The van der Waals surface area contributed by atoms with Crippen molar-refractivity contribution in [3.63, 3.8) is 0 Å². The molecular weight excluding hydrogens is 484 g/mol. The number of hydrogen-bond acceptors (Lipinski definition) is 8. The van der Waals surface area contributed by atoms with Crippen LogP contribution >= 0.6 is 0 Å². The van der Waals surface area contributed by atoms with E-state index >= 15 is 0 Å². The van der Waals surface area contributed by atoms with E-state index in [2.05, 4.69) is 10.1 Å². The molecule has 0 spiro atoms. The van der Waals surface area contributed by atoms with Crippen molar-refractivity contribution in [3.05, 3.63) is 88.5 Å². The Morgan fingerprint density at radius 2 is 1.86 bits per heavy atom. The van der Waals surface area contributed by atoms with Crippen LogP contribution in [-0.4, -0.2) is 48.1 Å². The predicted octanol–water partition coefficient (Wildman–Crippen LogP) is 3.44. The lowest BCUT2D eigenvalue weighted by molar-refractivity contribution is -0.123. The Morgan fingerprint density at radius 1 is 1.08 bits per heavy atom. The van der Waals surface area contributed by atoms with Crippen molar-refractivity contribution >= 4 is 30.0 Å². The molecule has 1 aliphatic rings. The van der Waals surface area contributed by atoms with Crippen LogP contribution in [0.4, 0.5) is 4.79 Å². The van der Waals surface area contributed by atoms with E-state index in [1.807, 2.05) is 0 Å². The number of imide groups is 1. The van der Waals surface area contributed by atoms with Gasteiger partial charge in [0.15, 0.2) is 11.5 Å². The second kappa shape index (κ2) is 10.7. The van der Waals surface area contributed by atoms with E-state index in [0.717, 1.165) is 4.90 Å². The molecule has 2 aromatic carbocycles. The number of amides is 3. The highest BCUT2D eigenvalue weighted by atomic mass is 16.5. The molecule has 1 aromatic heterocycles. The first-order valence-corrected chi connectivity index (χ1v) is 10.9. The number of furan rings is 1. The maximum absolute atomic E-state index is 13.0. The third-order valence-electron chi connectivity index (χ3n) is 5.41. The number of ether oxygens (including phenoxy) is 3. The maximum Gasteiger partial charge on any atom is 0.373 e. The van der Waals surface area contributed by atoms with E-state index in [1.165, 1.54) is 44.6 Å². The summed E-state index contributed by atoms with van der Waals surface area (Å²) < 4.78 is 21.3. The minimum absolute atomic E-state index is 0.00396. The summed E-state index contributed by atoms with van der Waals surface area (Å²) in [5.74, 6) is -1.49. The van der Waals surface area contributed by atoms with Gasteiger partial charge in [-0.2, -0.15) is 0 Å².